The summed E-state index contributed by atoms with van der Waals surface area (Å²) in [7, 11) is 0. The van der Waals surface area contributed by atoms with Crippen molar-refractivity contribution in [2.45, 2.75) is 51.5 Å². The molecule has 0 saturated carbocycles. The van der Waals surface area contributed by atoms with Crippen molar-refractivity contribution < 1.29 is 0 Å². The number of hydrogen-bond donors (Lipinski definition) is 2. The molecule has 1 aromatic heterocycles. The van der Waals surface area contributed by atoms with Crippen LogP contribution < -0.4 is 11.3 Å². The molecule has 1 aliphatic rings. The lowest BCUT2D eigenvalue weighted by Gasteiger charge is -2.31. The molecule has 2 atom stereocenters. The van der Waals surface area contributed by atoms with E-state index in [1.807, 2.05) is 0 Å². The van der Waals surface area contributed by atoms with Crippen LogP contribution in [0.3, 0.4) is 0 Å². The average Bonchev–Trinajstić information content (AvgIpc) is 2.82. The zero-order valence-electron chi connectivity index (χ0n) is 12.7. The number of hydrogen-bond acceptors (Lipinski definition) is 4. The number of nitrogens with two attached hydrogens (primary N) is 1. The van der Waals surface area contributed by atoms with E-state index in [4.69, 9.17) is 5.84 Å². The number of hydrazine groups is 1. The van der Waals surface area contributed by atoms with Crippen molar-refractivity contribution in [3.05, 3.63) is 51.0 Å². The van der Waals surface area contributed by atoms with E-state index in [1.54, 1.807) is 11.3 Å². The van der Waals surface area contributed by atoms with Gasteiger partial charge in [-0.3, -0.25) is 11.3 Å². The fourth-order valence-corrected chi connectivity index (χ4v) is 4.33. The van der Waals surface area contributed by atoms with Crippen molar-refractivity contribution in [1.82, 2.24) is 10.4 Å². The smallest absolute Gasteiger partial charge is 0.0947 e. The highest BCUT2D eigenvalue weighted by molar-refractivity contribution is 7.11. The van der Waals surface area contributed by atoms with Gasteiger partial charge in [-0.2, -0.15) is 0 Å². The summed E-state index contributed by atoms with van der Waals surface area (Å²) >= 11 is 1.80. The Morgan fingerprint density at radius 2 is 2.19 bits per heavy atom. The van der Waals surface area contributed by atoms with Crippen LogP contribution in [0.5, 0.6) is 0 Å². The van der Waals surface area contributed by atoms with E-state index in [9.17, 15) is 0 Å². The van der Waals surface area contributed by atoms with Gasteiger partial charge in [0, 0.05) is 23.3 Å². The molecule has 0 amide bonds. The second-order valence-corrected chi connectivity index (χ2v) is 7.21. The summed E-state index contributed by atoms with van der Waals surface area (Å²) in [6, 6.07) is 9.06. The largest absolute Gasteiger partial charge is 0.271 e. The Morgan fingerprint density at radius 3 is 2.90 bits per heavy atom. The number of benzene rings is 1. The number of fused-ring (bicyclic) bond motifs is 1. The lowest BCUT2D eigenvalue weighted by atomic mass is 9.78. The van der Waals surface area contributed by atoms with Gasteiger partial charge in [0.05, 0.1) is 10.7 Å². The van der Waals surface area contributed by atoms with E-state index >= 15 is 0 Å². The van der Waals surface area contributed by atoms with Crippen LogP contribution in [0.1, 0.15) is 45.5 Å². The minimum atomic E-state index is 0.261. The molecule has 0 spiro atoms. The van der Waals surface area contributed by atoms with Crippen molar-refractivity contribution in [2.75, 3.05) is 0 Å². The minimum Gasteiger partial charge on any atom is -0.271 e. The first-order chi connectivity index (χ1) is 10.2. The van der Waals surface area contributed by atoms with E-state index in [2.05, 4.69) is 48.5 Å². The Balaban J connectivity index is 1.84. The van der Waals surface area contributed by atoms with Gasteiger partial charge >= 0.3 is 0 Å². The second-order valence-electron chi connectivity index (χ2n) is 5.92. The third kappa shape index (κ3) is 3.03. The minimum absolute atomic E-state index is 0.261. The van der Waals surface area contributed by atoms with E-state index < -0.39 is 0 Å². The molecule has 3 rings (SSSR count). The molecule has 0 bridgehead atoms. The topological polar surface area (TPSA) is 50.9 Å². The fourth-order valence-electron chi connectivity index (χ4n) is 3.34. The molecule has 2 aromatic rings. The molecule has 0 saturated heterocycles. The van der Waals surface area contributed by atoms with Crippen molar-refractivity contribution >= 4 is 11.3 Å². The van der Waals surface area contributed by atoms with E-state index in [0.29, 0.717) is 5.92 Å². The second kappa shape index (κ2) is 6.26. The van der Waals surface area contributed by atoms with Gasteiger partial charge in [-0.15, -0.1) is 11.3 Å². The zero-order chi connectivity index (χ0) is 14.8. The number of rotatable bonds is 4. The Kier molecular flexibility index (Phi) is 4.38. The summed E-state index contributed by atoms with van der Waals surface area (Å²) in [5, 5.41) is 1.19. The molecule has 0 fully saturated rings. The summed E-state index contributed by atoms with van der Waals surface area (Å²) < 4.78 is 0. The molecular formula is C17H23N3S. The molecule has 0 aliphatic heterocycles. The number of aromatic nitrogens is 1. The van der Waals surface area contributed by atoms with Crippen LogP contribution >= 0.6 is 11.3 Å². The molecule has 4 heteroatoms. The lowest BCUT2D eigenvalue weighted by Crippen LogP contribution is -2.42. The molecule has 0 radical (unpaired) electrons. The van der Waals surface area contributed by atoms with Gasteiger partial charge in [-0.05, 0) is 44.2 Å². The van der Waals surface area contributed by atoms with Gasteiger partial charge in [-0.1, -0.05) is 24.3 Å². The number of nitrogens with zero attached hydrogens (tertiary/aromatic N) is 1. The maximum Gasteiger partial charge on any atom is 0.0947 e. The Morgan fingerprint density at radius 1 is 1.38 bits per heavy atom. The maximum absolute atomic E-state index is 5.88. The SMILES string of the molecule is Cc1nc(CC(NN)C2CCCc3ccccc32)sc1C. The Labute approximate surface area is 130 Å². The fraction of sp³-hybridized carbons (Fsp3) is 0.471. The lowest BCUT2D eigenvalue weighted by molar-refractivity contribution is 0.394. The van der Waals surface area contributed by atoms with Crippen LogP contribution in [0.4, 0.5) is 0 Å². The van der Waals surface area contributed by atoms with Crippen molar-refractivity contribution in [3.8, 4) is 0 Å². The maximum atomic E-state index is 5.88. The number of nitrogens with one attached hydrogen (secondary N) is 1. The molecule has 3 nitrogen and oxygen atoms in total. The normalized spacial score (nSPS) is 19.3. The summed E-state index contributed by atoms with van der Waals surface area (Å²) in [6.45, 7) is 4.22. The van der Waals surface area contributed by atoms with Crippen LogP contribution in [-0.4, -0.2) is 11.0 Å². The molecule has 1 heterocycles. The predicted octanol–water partition coefficient (Wildman–Crippen LogP) is 3.25. The van der Waals surface area contributed by atoms with Gasteiger partial charge in [0.2, 0.25) is 0 Å². The quantitative estimate of drug-likeness (QED) is 0.673. The van der Waals surface area contributed by atoms with Gasteiger partial charge in [-0.25, -0.2) is 4.98 Å². The predicted molar refractivity (Wildman–Crippen MR) is 88.5 cm³/mol. The monoisotopic (exact) mass is 301 g/mol. The molecule has 112 valence electrons. The van der Waals surface area contributed by atoms with Gasteiger partial charge in [0.25, 0.3) is 0 Å². The molecule has 3 N–H and O–H groups in total. The molecule has 1 aliphatic carbocycles. The average molecular weight is 301 g/mol. The summed E-state index contributed by atoms with van der Waals surface area (Å²) in [5.41, 5.74) is 7.16. The first-order valence-electron chi connectivity index (χ1n) is 7.66. The van der Waals surface area contributed by atoms with E-state index in [0.717, 1.165) is 12.1 Å². The van der Waals surface area contributed by atoms with E-state index in [1.165, 1.54) is 40.3 Å². The van der Waals surface area contributed by atoms with Crippen LogP contribution in [0.2, 0.25) is 0 Å². The summed E-state index contributed by atoms with van der Waals surface area (Å²) in [4.78, 5) is 5.98. The Hall–Kier alpha value is -1.23. The summed E-state index contributed by atoms with van der Waals surface area (Å²) in [6.07, 6.45) is 4.55. The number of aryl methyl sites for hydroxylation is 3. The number of thiazole rings is 1. The van der Waals surface area contributed by atoms with Gasteiger partial charge < -0.3 is 0 Å². The van der Waals surface area contributed by atoms with Crippen LogP contribution in [-0.2, 0) is 12.8 Å². The zero-order valence-corrected chi connectivity index (χ0v) is 13.5. The van der Waals surface area contributed by atoms with Crippen molar-refractivity contribution in [2.24, 2.45) is 5.84 Å². The van der Waals surface area contributed by atoms with Gasteiger partial charge in [0.1, 0.15) is 0 Å². The van der Waals surface area contributed by atoms with Crippen molar-refractivity contribution in [3.63, 3.8) is 0 Å². The van der Waals surface area contributed by atoms with Gasteiger partial charge in [0.15, 0.2) is 0 Å². The first kappa shape index (κ1) is 14.7. The highest BCUT2D eigenvalue weighted by Gasteiger charge is 2.28. The van der Waals surface area contributed by atoms with Crippen LogP contribution in [0.15, 0.2) is 24.3 Å². The molecule has 21 heavy (non-hydrogen) atoms. The van der Waals surface area contributed by atoms with Crippen molar-refractivity contribution in [1.29, 1.82) is 0 Å². The molecule has 2 unspecified atom stereocenters. The highest BCUT2D eigenvalue weighted by Crippen LogP contribution is 2.35. The third-order valence-electron chi connectivity index (χ3n) is 4.58. The van der Waals surface area contributed by atoms with Crippen LogP contribution in [0, 0.1) is 13.8 Å². The van der Waals surface area contributed by atoms with Crippen LogP contribution in [0.25, 0.3) is 0 Å². The standard InChI is InChI=1S/C17H23N3S/c1-11-12(2)21-17(19-11)10-16(20-18)15-9-5-7-13-6-3-4-8-14(13)15/h3-4,6,8,15-16,20H,5,7,9-10,18H2,1-2H3. The third-order valence-corrected chi connectivity index (χ3v) is 5.68. The molecule has 1 aromatic carbocycles. The van der Waals surface area contributed by atoms with E-state index in [-0.39, 0.29) is 6.04 Å². The molecular weight excluding hydrogens is 278 g/mol. The summed E-state index contributed by atoms with van der Waals surface area (Å²) in [5.74, 6) is 6.37. The Bertz CT molecular complexity index is 601. The first-order valence-corrected chi connectivity index (χ1v) is 8.47. The highest BCUT2D eigenvalue weighted by atomic mass is 32.1.